The SMILES string of the molecule is CCNC(=NCc1c(C)nn(-c2ccccc2)c1C)N1CCC(NC(=O)OC(C)(C)C)C1. The summed E-state index contributed by atoms with van der Waals surface area (Å²) in [6.45, 7) is 14.6. The average Bonchev–Trinajstić information content (AvgIpc) is 3.29. The van der Waals surface area contributed by atoms with E-state index >= 15 is 0 Å². The van der Waals surface area contributed by atoms with E-state index in [1.165, 1.54) is 0 Å². The number of rotatable bonds is 5. The normalized spacial score (nSPS) is 16.9. The highest BCUT2D eigenvalue weighted by Crippen LogP contribution is 2.19. The predicted molar refractivity (Wildman–Crippen MR) is 127 cm³/mol. The molecule has 32 heavy (non-hydrogen) atoms. The van der Waals surface area contributed by atoms with E-state index in [2.05, 4.69) is 41.5 Å². The number of carbonyl (C=O) groups excluding carboxylic acids is 1. The number of amides is 1. The van der Waals surface area contributed by atoms with Gasteiger partial charge < -0.3 is 20.3 Å². The molecule has 1 aliphatic heterocycles. The van der Waals surface area contributed by atoms with Crippen LogP contribution in [0.2, 0.25) is 0 Å². The Kier molecular flexibility index (Phi) is 7.43. The highest BCUT2D eigenvalue weighted by molar-refractivity contribution is 5.80. The molecule has 1 atom stereocenters. The fourth-order valence-electron chi connectivity index (χ4n) is 3.85. The molecular weight excluding hydrogens is 404 g/mol. The number of hydrogen-bond donors (Lipinski definition) is 2. The third-order valence-electron chi connectivity index (χ3n) is 5.37. The Morgan fingerprint density at radius 1 is 1.25 bits per heavy atom. The summed E-state index contributed by atoms with van der Waals surface area (Å²) < 4.78 is 7.37. The fraction of sp³-hybridized carbons (Fsp3) is 0.542. The second-order valence-corrected chi connectivity index (χ2v) is 9.14. The second-order valence-electron chi connectivity index (χ2n) is 9.14. The van der Waals surface area contributed by atoms with E-state index in [0.717, 1.165) is 48.1 Å². The lowest BCUT2D eigenvalue weighted by Gasteiger charge is -2.23. The molecule has 0 aliphatic carbocycles. The molecule has 1 unspecified atom stereocenters. The summed E-state index contributed by atoms with van der Waals surface area (Å²) in [5.41, 5.74) is 3.76. The first-order valence-electron chi connectivity index (χ1n) is 11.3. The number of alkyl carbamates (subject to hydrolysis) is 1. The average molecular weight is 441 g/mol. The number of nitrogens with zero attached hydrogens (tertiary/aromatic N) is 4. The van der Waals surface area contributed by atoms with Crippen molar-refractivity contribution in [2.45, 2.75) is 66.2 Å². The highest BCUT2D eigenvalue weighted by atomic mass is 16.6. The van der Waals surface area contributed by atoms with E-state index in [-0.39, 0.29) is 12.1 Å². The number of ether oxygens (including phenoxy) is 1. The molecule has 0 saturated carbocycles. The molecule has 1 saturated heterocycles. The van der Waals surface area contributed by atoms with Gasteiger partial charge in [-0.2, -0.15) is 5.10 Å². The van der Waals surface area contributed by atoms with Crippen LogP contribution in [0.3, 0.4) is 0 Å². The van der Waals surface area contributed by atoms with Gasteiger partial charge in [-0.05, 0) is 60.1 Å². The minimum absolute atomic E-state index is 0.0398. The zero-order valence-corrected chi connectivity index (χ0v) is 20.1. The third-order valence-corrected chi connectivity index (χ3v) is 5.37. The molecule has 8 nitrogen and oxygen atoms in total. The first kappa shape index (κ1) is 23.6. The van der Waals surface area contributed by atoms with Crippen LogP contribution >= 0.6 is 0 Å². The van der Waals surface area contributed by atoms with Gasteiger partial charge in [-0.25, -0.2) is 14.5 Å². The molecule has 1 amide bonds. The number of hydrogen-bond acceptors (Lipinski definition) is 4. The van der Waals surface area contributed by atoms with E-state index in [1.807, 2.05) is 50.6 Å². The van der Waals surface area contributed by atoms with Crippen LogP contribution in [0, 0.1) is 13.8 Å². The summed E-state index contributed by atoms with van der Waals surface area (Å²) in [4.78, 5) is 19.2. The van der Waals surface area contributed by atoms with Gasteiger partial charge in [0.2, 0.25) is 0 Å². The van der Waals surface area contributed by atoms with Crippen molar-refractivity contribution in [3.05, 3.63) is 47.3 Å². The van der Waals surface area contributed by atoms with Crippen LogP contribution in [0.15, 0.2) is 35.3 Å². The molecule has 2 heterocycles. The van der Waals surface area contributed by atoms with Crippen LogP contribution < -0.4 is 10.6 Å². The molecule has 0 radical (unpaired) electrons. The van der Waals surface area contributed by atoms with Crippen LogP contribution in [0.5, 0.6) is 0 Å². The Balaban J connectivity index is 1.69. The number of carbonyl (C=O) groups is 1. The fourth-order valence-corrected chi connectivity index (χ4v) is 3.85. The molecule has 1 aliphatic rings. The molecule has 2 aromatic rings. The van der Waals surface area contributed by atoms with Gasteiger partial charge in [-0.1, -0.05) is 18.2 Å². The van der Waals surface area contributed by atoms with Crippen molar-refractivity contribution in [3.8, 4) is 5.69 Å². The van der Waals surface area contributed by atoms with Crippen molar-refractivity contribution >= 4 is 12.1 Å². The number of guanidine groups is 1. The van der Waals surface area contributed by atoms with Crippen LogP contribution in [0.1, 0.15) is 51.1 Å². The van der Waals surface area contributed by atoms with Crippen molar-refractivity contribution in [2.24, 2.45) is 4.99 Å². The van der Waals surface area contributed by atoms with E-state index in [0.29, 0.717) is 13.1 Å². The Bertz CT molecular complexity index is 945. The number of benzene rings is 1. The summed E-state index contributed by atoms with van der Waals surface area (Å²) in [5.74, 6) is 0.854. The molecule has 0 bridgehead atoms. The van der Waals surface area contributed by atoms with Crippen molar-refractivity contribution in [3.63, 3.8) is 0 Å². The Labute approximate surface area is 191 Å². The van der Waals surface area contributed by atoms with Crippen molar-refractivity contribution in [2.75, 3.05) is 19.6 Å². The first-order chi connectivity index (χ1) is 15.2. The molecule has 3 rings (SSSR count). The van der Waals surface area contributed by atoms with E-state index in [1.54, 1.807) is 0 Å². The van der Waals surface area contributed by atoms with Crippen molar-refractivity contribution in [1.29, 1.82) is 0 Å². The smallest absolute Gasteiger partial charge is 0.407 e. The Morgan fingerprint density at radius 2 is 1.97 bits per heavy atom. The van der Waals surface area contributed by atoms with Crippen LogP contribution in [0.4, 0.5) is 4.79 Å². The van der Waals surface area contributed by atoms with Gasteiger partial charge in [0.05, 0.1) is 24.0 Å². The number of para-hydroxylation sites is 1. The molecule has 2 N–H and O–H groups in total. The number of nitrogens with one attached hydrogen (secondary N) is 2. The van der Waals surface area contributed by atoms with Gasteiger partial charge >= 0.3 is 6.09 Å². The standard InChI is InChI=1S/C24H36N6O2/c1-7-25-22(29-14-13-19(16-29)27-23(31)32-24(4,5)6)26-15-21-17(2)28-30(18(21)3)20-11-9-8-10-12-20/h8-12,19H,7,13-16H2,1-6H3,(H,25,26)(H,27,31). The van der Waals surface area contributed by atoms with Gasteiger partial charge in [-0.3, -0.25) is 0 Å². The van der Waals surface area contributed by atoms with E-state index < -0.39 is 5.60 Å². The summed E-state index contributed by atoms with van der Waals surface area (Å²) >= 11 is 0. The molecule has 8 heteroatoms. The zero-order valence-electron chi connectivity index (χ0n) is 20.1. The molecule has 174 valence electrons. The van der Waals surface area contributed by atoms with Gasteiger partial charge in [0.25, 0.3) is 0 Å². The number of aliphatic imine (C=N–C) groups is 1. The lowest BCUT2D eigenvalue weighted by molar-refractivity contribution is 0.0507. The van der Waals surface area contributed by atoms with Gasteiger partial charge in [-0.15, -0.1) is 0 Å². The summed E-state index contributed by atoms with van der Waals surface area (Å²) in [6.07, 6.45) is 0.485. The van der Waals surface area contributed by atoms with Crippen LogP contribution in [-0.4, -0.2) is 58.0 Å². The van der Waals surface area contributed by atoms with Crippen molar-refractivity contribution in [1.82, 2.24) is 25.3 Å². The maximum absolute atomic E-state index is 12.1. The zero-order chi connectivity index (χ0) is 23.3. The minimum atomic E-state index is -0.501. The number of aryl methyl sites for hydroxylation is 1. The second kappa shape index (κ2) is 10.1. The van der Waals surface area contributed by atoms with Gasteiger partial charge in [0.1, 0.15) is 5.60 Å². The molecular formula is C24H36N6O2. The largest absolute Gasteiger partial charge is 0.444 e. The number of aromatic nitrogens is 2. The topological polar surface area (TPSA) is 83.8 Å². The minimum Gasteiger partial charge on any atom is -0.444 e. The quantitative estimate of drug-likeness (QED) is 0.549. The lowest BCUT2D eigenvalue weighted by Crippen LogP contribution is -2.44. The maximum atomic E-state index is 12.1. The van der Waals surface area contributed by atoms with Crippen molar-refractivity contribution < 1.29 is 9.53 Å². The highest BCUT2D eigenvalue weighted by Gasteiger charge is 2.28. The van der Waals surface area contributed by atoms with Crippen LogP contribution in [0.25, 0.3) is 5.69 Å². The Hall–Kier alpha value is -3.03. The molecule has 0 spiro atoms. The molecule has 1 aromatic carbocycles. The molecule has 1 fully saturated rings. The van der Waals surface area contributed by atoms with Gasteiger partial charge in [0, 0.05) is 30.9 Å². The Morgan fingerprint density at radius 3 is 2.62 bits per heavy atom. The first-order valence-corrected chi connectivity index (χ1v) is 11.3. The van der Waals surface area contributed by atoms with E-state index in [9.17, 15) is 4.79 Å². The molecule has 1 aromatic heterocycles. The van der Waals surface area contributed by atoms with Gasteiger partial charge in [0.15, 0.2) is 5.96 Å². The number of likely N-dealkylation sites (tertiary alicyclic amines) is 1. The summed E-state index contributed by atoms with van der Waals surface area (Å²) in [5, 5.41) is 11.1. The predicted octanol–water partition coefficient (Wildman–Crippen LogP) is 3.55. The monoisotopic (exact) mass is 440 g/mol. The third kappa shape index (κ3) is 6.02. The lowest BCUT2D eigenvalue weighted by atomic mass is 10.2. The van der Waals surface area contributed by atoms with E-state index in [4.69, 9.17) is 14.8 Å². The van der Waals surface area contributed by atoms with Crippen LogP contribution in [-0.2, 0) is 11.3 Å². The summed E-state index contributed by atoms with van der Waals surface area (Å²) in [7, 11) is 0. The summed E-state index contributed by atoms with van der Waals surface area (Å²) in [6, 6.07) is 10.2. The maximum Gasteiger partial charge on any atom is 0.407 e.